The van der Waals surface area contributed by atoms with Crippen molar-refractivity contribution in [3.8, 4) is 17.1 Å². The lowest BCUT2D eigenvalue weighted by atomic mass is 9.91. The summed E-state index contributed by atoms with van der Waals surface area (Å²) in [4.78, 5) is 8.82. The van der Waals surface area contributed by atoms with Gasteiger partial charge in [0.2, 0.25) is 0 Å². The Balaban J connectivity index is 1.60. The van der Waals surface area contributed by atoms with Crippen molar-refractivity contribution in [3.63, 3.8) is 0 Å². The van der Waals surface area contributed by atoms with Crippen molar-refractivity contribution in [3.05, 3.63) is 77.6 Å². The molecule has 0 spiro atoms. The third-order valence-corrected chi connectivity index (χ3v) is 8.21. The van der Waals surface area contributed by atoms with Crippen molar-refractivity contribution in [2.24, 2.45) is 0 Å². The lowest BCUT2D eigenvalue weighted by Crippen LogP contribution is -2.33. The van der Waals surface area contributed by atoms with Crippen LogP contribution in [0.3, 0.4) is 0 Å². The molecule has 7 heteroatoms. The zero-order chi connectivity index (χ0) is 26.0. The molecule has 0 radical (unpaired) electrons. The average molecular weight is 511 g/mol. The monoisotopic (exact) mass is 510 g/mol. The fourth-order valence-electron chi connectivity index (χ4n) is 4.24. The molecule has 0 aliphatic carbocycles. The molecule has 0 fully saturated rings. The van der Waals surface area contributed by atoms with Crippen molar-refractivity contribution in [1.29, 1.82) is 0 Å². The fraction of sp³-hybridized carbons (Fsp3) is 0.448. The molecule has 0 aliphatic heterocycles. The van der Waals surface area contributed by atoms with E-state index in [1.807, 2.05) is 19.1 Å². The number of rotatable bonds is 14. The van der Waals surface area contributed by atoms with E-state index in [1.54, 1.807) is 48.8 Å². The van der Waals surface area contributed by atoms with Gasteiger partial charge >= 0.3 is 0 Å². The molecule has 1 aromatic heterocycles. The maximum atomic E-state index is 12.4. The molecule has 0 saturated heterocycles. The van der Waals surface area contributed by atoms with Gasteiger partial charge in [-0.05, 0) is 31.4 Å². The summed E-state index contributed by atoms with van der Waals surface area (Å²) in [5.74, 6) is 1.15. The van der Waals surface area contributed by atoms with Gasteiger partial charge in [0.1, 0.15) is 4.75 Å². The van der Waals surface area contributed by atoms with Crippen molar-refractivity contribution >= 4 is 10.1 Å². The highest BCUT2D eigenvalue weighted by atomic mass is 32.2. The molecule has 1 atom stereocenters. The standard InChI is InChI=1S/C29H38N2O4S/c1-4-5-6-7-8-9-10-11-20-35-27-21-30-28(31-22-27)24-14-18-26(19-15-24)29(3,36(32,33)34)25-16-12-23(2)13-17-25/h12-19,21-22H,4-11,20H2,1-3H3,(H,32,33,34). The lowest BCUT2D eigenvalue weighted by Gasteiger charge is -2.27. The van der Waals surface area contributed by atoms with Crippen LogP contribution in [0.4, 0.5) is 0 Å². The van der Waals surface area contributed by atoms with E-state index in [0.717, 1.165) is 17.5 Å². The highest BCUT2D eigenvalue weighted by Crippen LogP contribution is 2.37. The summed E-state index contributed by atoms with van der Waals surface area (Å²) in [5.41, 5.74) is 2.71. The maximum Gasteiger partial charge on any atom is 0.278 e. The van der Waals surface area contributed by atoms with E-state index in [2.05, 4.69) is 16.9 Å². The number of aryl methyl sites for hydroxylation is 1. The zero-order valence-electron chi connectivity index (χ0n) is 21.6. The lowest BCUT2D eigenvalue weighted by molar-refractivity contribution is 0.302. The van der Waals surface area contributed by atoms with Crippen LogP contribution in [-0.4, -0.2) is 29.5 Å². The molecule has 1 heterocycles. The quantitative estimate of drug-likeness (QED) is 0.183. The molecule has 0 bridgehead atoms. The third-order valence-electron chi connectivity index (χ3n) is 6.71. The number of hydrogen-bond donors (Lipinski definition) is 1. The number of ether oxygens (including phenoxy) is 1. The van der Waals surface area contributed by atoms with E-state index >= 15 is 0 Å². The topological polar surface area (TPSA) is 89.4 Å². The van der Waals surface area contributed by atoms with Gasteiger partial charge < -0.3 is 4.74 Å². The van der Waals surface area contributed by atoms with Gasteiger partial charge in [-0.3, -0.25) is 4.55 Å². The molecule has 3 rings (SSSR count). The zero-order valence-corrected chi connectivity index (χ0v) is 22.4. The summed E-state index contributed by atoms with van der Waals surface area (Å²) in [6, 6.07) is 14.0. The summed E-state index contributed by atoms with van der Waals surface area (Å²) in [5, 5.41) is 0. The molecule has 6 nitrogen and oxygen atoms in total. The predicted octanol–water partition coefficient (Wildman–Crippen LogP) is 7.12. The largest absolute Gasteiger partial charge is 0.490 e. The summed E-state index contributed by atoms with van der Waals surface area (Å²) in [7, 11) is -4.43. The Kier molecular flexibility index (Phi) is 10.0. The van der Waals surface area contributed by atoms with E-state index < -0.39 is 14.9 Å². The molecule has 3 aromatic rings. The number of benzene rings is 2. The van der Waals surface area contributed by atoms with Gasteiger partial charge in [0.05, 0.1) is 19.0 Å². The first-order valence-corrected chi connectivity index (χ1v) is 14.3. The molecule has 36 heavy (non-hydrogen) atoms. The van der Waals surface area contributed by atoms with Crippen molar-refractivity contribution < 1.29 is 17.7 Å². The van der Waals surface area contributed by atoms with Crippen LogP contribution in [0, 0.1) is 6.92 Å². The summed E-state index contributed by atoms with van der Waals surface area (Å²) in [6.45, 7) is 6.33. The van der Waals surface area contributed by atoms with Gasteiger partial charge in [-0.15, -0.1) is 0 Å². The van der Waals surface area contributed by atoms with Crippen LogP contribution in [0.5, 0.6) is 5.75 Å². The average Bonchev–Trinajstić information content (AvgIpc) is 2.87. The SMILES string of the molecule is CCCCCCCCCCOc1cnc(-c2ccc(C(C)(c3ccc(C)cc3)S(=O)(=O)O)cc2)nc1. The minimum Gasteiger partial charge on any atom is -0.490 e. The summed E-state index contributed by atoms with van der Waals surface area (Å²) in [6.07, 6.45) is 13.3. The van der Waals surface area contributed by atoms with Crippen LogP contribution in [-0.2, 0) is 14.9 Å². The van der Waals surface area contributed by atoms with E-state index in [1.165, 1.54) is 51.9 Å². The van der Waals surface area contributed by atoms with E-state index in [9.17, 15) is 13.0 Å². The van der Waals surface area contributed by atoms with Crippen LogP contribution < -0.4 is 4.74 Å². The Morgan fingerprint density at radius 3 is 1.83 bits per heavy atom. The highest BCUT2D eigenvalue weighted by Gasteiger charge is 2.41. The molecular weight excluding hydrogens is 472 g/mol. The third kappa shape index (κ3) is 7.14. The Bertz CT molecular complexity index is 1180. The smallest absolute Gasteiger partial charge is 0.278 e. The fourth-order valence-corrected chi connectivity index (χ4v) is 5.11. The van der Waals surface area contributed by atoms with Gasteiger partial charge in [-0.25, -0.2) is 9.97 Å². The normalized spacial score (nSPS) is 13.3. The predicted molar refractivity (Wildman–Crippen MR) is 145 cm³/mol. The molecule has 1 unspecified atom stereocenters. The van der Waals surface area contributed by atoms with Crippen LogP contribution in [0.25, 0.3) is 11.4 Å². The molecule has 2 aromatic carbocycles. The Morgan fingerprint density at radius 1 is 0.806 bits per heavy atom. The Labute approximate surface area is 215 Å². The summed E-state index contributed by atoms with van der Waals surface area (Å²) < 4.78 is 39.2. The van der Waals surface area contributed by atoms with Crippen LogP contribution in [0.1, 0.15) is 81.9 Å². The van der Waals surface area contributed by atoms with Gasteiger partial charge in [-0.2, -0.15) is 8.42 Å². The second-order valence-electron chi connectivity index (χ2n) is 9.52. The van der Waals surface area contributed by atoms with Gasteiger partial charge in [0, 0.05) is 5.56 Å². The number of unbranched alkanes of at least 4 members (excludes halogenated alkanes) is 7. The highest BCUT2D eigenvalue weighted by molar-refractivity contribution is 7.87. The second-order valence-corrected chi connectivity index (χ2v) is 11.3. The van der Waals surface area contributed by atoms with Crippen LogP contribution in [0.15, 0.2) is 60.9 Å². The number of hydrogen-bond acceptors (Lipinski definition) is 5. The first-order chi connectivity index (χ1) is 17.3. The minimum absolute atomic E-state index is 0.461. The van der Waals surface area contributed by atoms with E-state index in [4.69, 9.17) is 4.74 Å². The van der Waals surface area contributed by atoms with Crippen molar-refractivity contribution in [2.45, 2.75) is 76.9 Å². The molecule has 0 saturated carbocycles. The Morgan fingerprint density at radius 2 is 1.31 bits per heavy atom. The number of aromatic nitrogens is 2. The first kappa shape index (κ1) is 27.8. The van der Waals surface area contributed by atoms with Crippen molar-refractivity contribution in [2.75, 3.05) is 6.61 Å². The van der Waals surface area contributed by atoms with E-state index in [0.29, 0.717) is 29.3 Å². The first-order valence-electron chi connectivity index (χ1n) is 12.9. The van der Waals surface area contributed by atoms with Crippen LogP contribution in [0.2, 0.25) is 0 Å². The molecule has 0 amide bonds. The second kappa shape index (κ2) is 13.0. The van der Waals surface area contributed by atoms with Crippen LogP contribution >= 0.6 is 0 Å². The number of nitrogens with zero attached hydrogens (tertiary/aromatic N) is 2. The van der Waals surface area contributed by atoms with E-state index in [-0.39, 0.29) is 0 Å². The molecule has 1 N–H and O–H groups in total. The Hall–Kier alpha value is -2.77. The van der Waals surface area contributed by atoms with Gasteiger partial charge in [0.25, 0.3) is 10.1 Å². The van der Waals surface area contributed by atoms with Gasteiger partial charge in [-0.1, -0.05) is 106 Å². The molecular formula is C29H38N2O4S. The molecule has 0 aliphatic rings. The summed E-state index contributed by atoms with van der Waals surface area (Å²) >= 11 is 0. The minimum atomic E-state index is -4.43. The van der Waals surface area contributed by atoms with Gasteiger partial charge in [0.15, 0.2) is 11.6 Å². The molecule has 194 valence electrons. The maximum absolute atomic E-state index is 12.4. The van der Waals surface area contributed by atoms with Crippen molar-refractivity contribution in [1.82, 2.24) is 9.97 Å².